The van der Waals surface area contributed by atoms with Crippen LogP contribution in [0.2, 0.25) is 0 Å². The van der Waals surface area contributed by atoms with Crippen LogP contribution >= 0.6 is 15.9 Å². The van der Waals surface area contributed by atoms with E-state index in [1.165, 1.54) is 21.3 Å². The van der Waals surface area contributed by atoms with E-state index >= 15 is 0 Å². The number of pyridine rings is 1. The number of carbonyl (C=O) groups excluding carboxylic acids is 1. The fourth-order valence-corrected chi connectivity index (χ4v) is 3.75. The summed E-state index contributed by atoms with van der Waals surface area (Å²) in [6.07, 6.45) is 1.78. The number of aromatic nitrogens is 1. The Kier molecular flexibility index (Phi) is 6.05. The van der Waals surface area contributed by atoms with Crippen LogP contribution in [0.1, 0.15) is 10.4 Å². The fourth-order valence-electron chi connectivity index (χ4n) is 3.13. The Morgan fingerprint density at radius 3 is 2.30 bits per heavy atom. The van der Waals surface area contributed by atoms with Crippen LogP contribution in [0.25, 0.3) is 0 Å². The Labute approximate surface area is 167 Å². The number of carbonyl (C=O) groups is 1. The largest absolute Gasteiger partial charge is 0.493 e. The van der Waals surface area contributed by atoms with Crippen molar-refractivity contribution in [3.05, 3.63) is 40.5 Å². The van der Waals surface area contributed by atoms with Gasteiger partial charge in [-0.1, -0.05) is 6.07 Å². The highest BCUT2D eigenvalue weighted by Crippen LogP contribution is 2.45. The lowest BCUT2D eigenvalue weighted by Gasteiger charge is -2.35. The third-order valence-electron chi connectivity index (χ3n) is 4.54. The maximum atomic E-state index is 13.1. The molecule has 0 atom stereocenters. The average Bonchev–Trinajstić information content (AvgIpc) is 2.73. The number of anilines is 1. The predicted molar refractivity (Wildman–Crippen MR) is 106 cm³/mol. The summed E-state index contributed by atoms with van der Waals surface area (Å²) in [5.74, 6) is 2.18. The molecule has 1 saturated heterocycles. The highest BCUT2D eigenvalue weighted by Gasteiger charge is 2.28. The maximum Gasteiger partial charge on any atom is 0.255 e. The molecular weight excluding hydrogens is 414 g/mol. The van der Waals surface area contributed by atoms with Crippen LogP contribution in [-0.4, -0.2) is 63.3 Å². The molecule has 8 heteroatoms. The third-order valence-corrected chi connectivity index (χ3v) is 5.33. The Hall–Kier alpha value is -2.48. The van der Waals surface area contributed by atoms with Crippen molar-refractivity contribution in [2.75, 3.05) is 52.4 Å². The molecule has 3 rings (SSSR count). The Morgan fingerprint density at radius 1 is 1.04 bits per heavy atom. The van der Waals surface area contributed by atoms with Gasteiger partial charge in [0.1, 0.15) is 5.82 Å². The first kappa shape index (κ1) is 19.3. The van der Waals surface area contributed by atoms with E-state index in [1.807, 2.05) is 23.1 Å². The number of hydrogen-bond donors (Lipinski definition) is 0. The van der Waals surface area contributed by atoms with Gasteiger partial charge in [0.25, 0.3) is 5.91 Å². The average molecular weight is 436 g/mol. The van der Waals surface area contributed by atoms with E-state index in [0.29, 0.717) is 40.4 Å². The van der Waals surface area contributed by atoms with Gasteiger partial charge in [0, 0.05) is 32.4 Å². The second kappa shape index (κ2) is 8.47. The van der Waals surface area contributed by atoms with Crippen LogP contribution in [-0.2, 0) is 0 Å². The van der Waals surface area contributed by atoms with Gasteiger partial charge >= 0.3 is 0 Å². The molecule has 7 nitrogen and oxygen atoms in total. The SMILES string of the molecule is COc1cc(C(=O)N2CCN(c3ccccn3)CC2)c(Br)c(OC)c1OC. The van der Waals surface area contributed by atoms with E-state index < -0.39 is 0 Å². The second-order valence-electron chi connectivity index (χ2n) is 5.97. The highest BCUT2D eigenvalue weighted by molar-refractivity contribution is 9.10. The lowest BCUT2D eigenvalue weighted by molar-refractivity contribution is 0.0744. The molecular formula is C19H22BrN3O4. The van der Waals surface area contributed by atoms with Gasteiger partial charge in [0.05, 0.1) is 31.4 Å². The molecule has 2 heterocycles. The zero-order chi connectivity index (χ0) is 19.4. The van der Waals surface area contributed by atoms with Crippen molar-refractivity contribution in [2.24, 2.45) is 0 Å². The van der Waals surface area contributed by atoms with Gasteiger partial charge in [-0.2, -0.15) is 0 Å². The minimum absolute atomic E-state index is 0.0817. The van der Waals surface area contributed by atoms with Crippen molar-refractivity contribution in [2.45, 2.75) is 0 Å². The number of amides is 1. The minimum atomic E-state index is -0.0817. The van der Waals surface area contributed by atoms with E-state index in [2.05, 4.69) is 25.8 Å². The molecule has 27 heavy (non-hydrogen) atoms. The number of benzene rings is 1. The van der Waals surface area contributed by atoms with Crippen molar-refractivity contribution in [1.29, 1.82) is 0 Å². The molecule has 2 aromatic rings. The minimum Gasteiger partial charge on any atom is -0.493 e. The molecule has 1 aliphatic rings. The van der Waals surface area contributed by atoms with Crippen molar-refractivity contribution in [3.63, 3.8) is 0 Å². The molecule has 0 aliphatic carbocycles. The molecule has 1 aromatic carbocycles. The number of piperazine rings is 1. The van der Waals surface area contributed by atoms with Crippen molar-refractivity contribution < 1.29 is 19.0 Å². The summed E-state index contributed by atoms with van der Waals surface area (Å²) in [5, 5.41) is 0. The topological polar surface area (TPSA) is 64.1 Å². The first-order valence-corrected chi connectivity index (χ1v) is 9.33. The first-order chi connectivity index (χ1) is 13.1. The van der Waals surface area contributed by atoms with Crippen molar-refractivity contribution >= 4 is 27.7 Å². The molecule has 1 aromatic heterocycles. The highest BCUT2D eigenvalue weighted by atomic mass is 79.9. The second-order valence-corrected chi connectivity index (χ2v) is 6.77. The smallest absolute Gasteiger partial charge is 0.255 e. The number of hydrogen-bond acceptors (Lipinski definition) is 6. The molecule has 0 saturated carbocycles. The summed E-state index contributed by atoms with van der Waals surface area (Å²) in [4.78, 5) is 21.5. The maximum absolute atomic E-state index is 13.1. The Bertz CT molecular complexity index is 808. The first-order valence-electron chi connectivity index (χ1n) is 8.54. The molecule has 1 fully saturated rings. The van der Waals surface area contributed by atoms with Crippen LogP contribution in [0.15, 0.2) is 34.9 Å². The molecule has 0 radical (unpaired) electrons. The molecule has 1 aliphatic heterocycles. The van der Waals surface area contributed by atoms with Crippen LogP contribution in [0.3, 0.4) is 0 Å². The van der Waals surface area contributed by atoms with Gasteiger partial charge in [-0.15, -0.1) is 0 Å². The van der Waals surface area contributed by atoms with E-state index in [-0.39, 0.29) is 5.91 Å². The number of halogens is 1. The van der Waals surface area contributed by atoms with Crippen LogP contribution in [0.5, 0.6) is 17.2 Å². The van der Waals surface area contributed by atoms with Gasteiger partial charge in [-0.05, 0) is 34.1 Å². The van der Waals surface area contributed by atoms with Crippen molar-refractivity contribution in [1.82, 2.24) is 9.88 Å². The Balaban J connectivity index is 1.81. The van der Waals surface area contributed by atoms with Crippen LogP contribution < -0.4 is 19.1 Å². The van der Waals surface area contributed by atoms with E-state index in [0.717, 1.165) is 18.9 Å². The number of rotatable bonds is 5. The van der Waals surface area contributed by atoms with E-state index in [9.17, 15) is 4.79 Å². The number of ether oxygens (including phenoxy) is 3. The van der Waals surface area contributed by atoms with Gasteiger partial charge in [0.2, 0.25) is 5.75 Å². The van der Waals surface area contributed by atoms with E-state index in [4.69, 9.17) is 14.2 Å². The molecule has 0 spiro atoms. The summed E-state index contributed by atoms with van der Waals surface area (Å²) in [7, 11) is 4.60. The number of methoxy groups -OCH3 is 3. The van der Waals surface area contributed by atoms with Gasteiger partial charge in [0.15, 0.2) is 11.5 Å². The van der Waals surface area contributed by atoms with Crippen LogP contribution in [0, 0.1) is 0 Å². The lowest BCUT2D eigenvalue weighted by atomic mass is 10.1. The standard InChI is InChI=1S/C19H22BrN3O4/c1-25-14-12-13(16(20)18(27-3)17(14)26-2)19(24)23-10-8-22(9-11-23)15-6-4-5-7-21-15/h4-7,12H,8-11H2,1-3H3. The molecule has 1 amide bonds. The zero-order valence-corrected chi connectivity index (χ0v) is 17.2. The molecule has 0 N–H and O–H groups in total. The number of nitrogens with zero attached hydrogens (tertiary/aromatic N) is 3. The summed E-state index contributed by atoms with van der Waals surface area (Å²) in [6, 6.07) is 7.52. The van der Waals surface area contributed by atoms with E-state index in [1.54, 1.807) is 12.3 Å². The molecule has 0 bridgehead atoms. The summed E-state index contributed by atoms with van der Waals surface area (Å²) in [6.45, 7) is 2.67. The fraction of sp³-hybridized carbons (Fsp3) is 0.368. The van der Waals surface area contributed by atoms with Gasteiger partial charge in [-0.3, -0.25) is 4.79 Å². The van der Waals surface area contributed by atoms with Crippen LogP contribution in [0.4, 0.5) is 5.82 Å². The summed E-state index contributed by atoms with van der Waals surface area (Å²) >= 11 is 3.48. The normalized spacial score (nSPS) is 14.1. The van der Waals surface area contributed by atoms with Gasteiger partial charge in [-0.25, -0.2) is 4.98 Å². The Morgan fingerprint density at radius 2 is 1.74 bits per heavy atom. The summed E-state index contributed by atoms with van der Waals surface area (Å²) < 4.78 is 16.7. The van der Waals surface area contributed by atoms with Crippen molar-refractivity contribution in [3.8, 4) is 17.2 Å². The van der Waals surface area contributed by atoms with Gasteiger partial charge < -0.3 is 24.0 Å². The molecule has 0 unspecified atom stereocenters. The predicted octanol–water partition coefficient (Wildman–Crippen LogP) is 2.83. The third kappa shape index (κ3) is 3.80. The zero-order valence-electron chi connectivity index (χ0n) is 15.6. The molecule has 144 valence electrons. The summed E-state index contributed by atoms with van der Waals surface area (Å²) in [5.41, 5.74) is 0.482. The quantitative estimate of drug-likeness (QED) is 0.719. The monoisotopic (exact) mass is 435 g/mol. The lowest BCUT2D eigenvalue weighted by Crippen LogP contribution is -2.49.